The number of aryl methyl sites for hydroxylation is 1. The fourth-order valence-electron chi connectivity index (χ4n) is 4.32. The van der Waals surface area contributed by atoms with Crippen LogP contribution in [0.15, 0.2) is 42.7 Å². The van der Waals surface area contributed by atoms with Crippen molar-refractivity contribution in [2.45, 2.75) is 52.6 Å². The molecule has 0 bridgehead atoms. The maximum atomic E-state index is 13.4. The van der Waals surface area contributed by atoms with E-state index in [1.165, 1.54) is 12.3 Å². The van der Waals surface area contributed by atoms with E-state index in [2.05, 4.69) is 15.3 Å². The highest BCUT2D eigenvalue weighted by molar-refractivity contribution is 6.11. The van der Waals surface area contributed by atoms with Crippen molar-refractivity contribution in [3.8, 4) is 11.1 Å². The van der Waals surface area contributed by atoms with Crippen LogP contribution in [0.2, 0.25) is 0 Å². The highest BCUT2D eigenvalue weighted by atomic mass is 19.4. The minimum absolute atomic E-state index is 0.0699. The first kappa shape index (κ1) is 27.9. The summed E-state index contributed by atoms with van der Waals surface area (Å²) >= 11 is 0. The third-order valence-corrected chi connectivity index (χ3v) is 6.15. The first-order chi connectivity index (χ1) is 18.2. The fraction of sp³-hybridized carbons (Fsp3) is 0.357. The van der Waals surface area contributed by atoms with Gasteiger partial charge in [-0.2, -0.15) is 13.2 Å². The number of aromatic nitrogens is 2. The normalized spacial score (nSPS) is 13.4. The molecule has 0 unspecified atom stereocenters. The van der Waals surface area contributed by atoms with Crippen LogP contribution in [-0.2, 0) is 24.0 Å². The highest BCUT2D eigenvalue weighted by Crippen LogP contribution is 2.39. The van der Waals surface area contributed by atoms with E-state index in [0.717, 1.165) is 27.7 Å². The van der Waals surface area contributed by atoms with Crippen LogP contribution in [0.5, 0.6) is 0 Å². The van der Waals surface area contributed by atoms with Gasteiger partial charge in [0.15, 0.2) is 0 Å². The summed E-state index contributed by atoms with van der Waals surface area (Å²) in [6, 6.07) is 7.88. The predicted molar refractivity (Wildman–Crippen MR) is 141 cm³/mol. The Kier molecular flexibility index (Phi) is 7.29. The van der Waals surface area contributed by atoms with E-state index < -0.39 is 29.5 Å². The van der Waals surface area contributed by atoms with E-state index in [1.54, 1.807) is 27.0 Å². The SMILES string of the molecule is Cc1cc(NCc2ccc(C(F)(F)F)nc2)ncc1-c1ccc(N(C)C)c2c1CN(C(=O)OC(C)(C)C)C2=O. The van der Waals surface area contributed by atoms with Gasteiger partial charge in [0.2, 0.25) is 0 Å². The van der Waals surface area contributed by atoms with Gasteiger partial charge in [0, 0.05) is 44.3 Å². The second-order valence-electron chi connectivity index (χ2n) is 10.5. The van der Waals surface area contributed by atoms with Crippen LogP contribution in [-0.4, -0.2) is 46.6 Å². The lowest BCUT2D eigenvalue weighted by Gasteiger charge is -2.23. The van der Waals surface area contributed by atoms with Gasteiger partial charge in [0.25, 0.3) is 5.91 Å². The number of nitrogens with one attached hydrogen (secondary N) is 1. The number of alkyl halides is 3. The zero-order valence-electron chi connectivity index (χ0n) is 22.6. The number of pyridine rings is 2. The Labute approximate surface area is 224 Å². The molecule has 2 aromatic heterocycles. The van der Waals surface area contributed by atoms with Crippen molar-refractivity contribution in [2.75, 3.05) is 24.3 Å². The van der Waals surface area contributed by atoms with Crippen LogP contribution in [0, 0.1) is 6.92 Å². The van der Waals surface area contributed by atoms with Crippen LogP contribution in [0.3, 0.4) is 0 Å². The van der Waals surface area contributed by atoms with Crippen LogP contribution in [0.4, 0.5) is 29.5 Å². The molecule has 3 heterocycles. The Morgan fingerprint density at radius 2 is 1.79 bits per heavy atom. The van der Waals surface area contributed by atoms with Crippen molar-refractivity contribution >= 4 is 23.5 Å². The summed E-state index contributed by atoms with van der Waals surface area (Å²) in [5.74, 6) is 0.114. The molecule has 0 radical (unpaired) electrons. The molecule has 1 aliphatic heterocycles. The van der Waals surface area contributed by atoms with Gasteiger partial charge in [0.1, 0.15) is 17.1 Å². The standard InChI is InChI=1S/C28H30F3N5O3/c1-16-11-23(33-13-17-7-10-22(32-12-17)28(29,30)31)34-14-19(16)18-8-9-21(35(5)6)24-20(18)15-36(25(24)37)26(38)39-27(2,3)4/h7-12,14H,13,15H2,1-6H3,(H,33,34). The third-order valence-electron chi connectivity index (χ3n) is 6.15. The van der Waals surface area contributed by atoms with Crippen molar-refractivity contribution in [1.29, 1.82) is 0 Å². The van der Waals surface area contributed by atoms with Crippen LogP contribution < -0.4 is 10.2 Å². The lowest BCUT2D eigenvalue weighted by molar-refractivity contribution is -0.141. The summed E-state index contributed by atoms with van der Waals surface area (Å²) in [4.78, 5) is 37.1. The van der Waals surface area contributed by atoms with E-state index in [4.69, 9.17) is 4.74 Å². The first-order valence-corrected chi connectivity index (χ1v) is 12.3. The number of carbonyl (C=O) groups excluding carboxylic acids is 2. The average Bonchev–Trinajstić information content (AvgIpc) is 3.18. The number of nitrogens with zero attached hydrogens (tertiary/aromatic N) is 4. The van der Waals surface area contributed by atoms with Crippen molar-refractivity contribution in [2.24, 2.45) is 0 Å². The molecular weight excluding hydrogens is 511 g/mol. The van der Waals surface area contributed by atoms with Crippen LogP contribution in [0.25, 0.3) is 11.1 Å². The van der Waals surface area contributed by atoms with Crippen molar-refractivity contribution in [1.82, 2.24) is 14.9 Å². The van der Waals surface area contributed by atoms with Crippen molar-refractivity contribution < 1.29 is 27.5 Å². The van der Waals surface area contributed by atoms with Gasteiger partial charge in [-0.05, 0) is 68.1 Å². The van der Waals surface area contributed by atoms with Gasteiger partial charge < -0.3 is 15.0 Å². The number of anilines is 2. The Morgan fingerprint density at radius 3 is 2.36 bits per heavy atom. The molecule has 0 saturated carbocycles. The highest BCUT2D eigenvalue weighted by Gasteiger charge is 2.39. The summed E-state index contributed by atoms with van der Waals surface area (Å²) < 4.78 is 43.7. The average molecular weight is 542 g/mol. The minimum Gasteiger partial charge on any atom is -0.443 e. The van der Waals surface area contributed by atoms with E-state index >= 15 is 0 Å². The third kappa shape index (κ3) is 5.97. The Balaban J connectivity index is 1.60. The maximum absolute atomic E-state index is 13.4. The molecule has 3 aromatic rings. The summed E-state index contributed by atoms with van der Waals surface area (Å²) in [6.07, 6.45) is -2.33. The second kappa shape index (κ2) is 10.2. The smallest absolute Gasteiger partial charge is 0.433 e. The minimum atomic E-state index is -4.49. The molecule has 0 spiro atoms. The zero-order valence-corrected chi connectivity index (χ0v) is 22.6. The largest absolute Gasteiger partial charge is 0.443 e. The van der Waals surface area contributed by atoms with E-state index in [9.17, 15) is 22.8 Å². The number of amides is 2. The number of halogens is 3. The molecule has 0 atom stereocenters. The van der Waals surface area contributed by atoms with Crippen LogP contribution in [0.1, 0.15) is 53.5 Å². The number of hydrogen-bond donors (Lipinski definition) is 1. The second-order valence-corrected chi connectivity index (χ2v) is 10.5. The van der Waals surface area contributed by atoms with Gasteiger partial charge in [0.05, 0.1) is 12.1 Å². The molecule has 1 N–H and O–H groups in total. The molecular formula is C28H30F3N5O3. The lowest BCUT2D eigenvalue weighted by atomic mass is 9.94. The molecule has 0 saturated heterocycles. The van der Waals surface area contributed by atoms with E-state index in [1.807, 2.05) is 44.1 Å². The van der Waals surface area contributed by atoms with Gasteiger partial charge in [-0.3, -0.25) is 9.78 Å². The van der Waals surface area contributed by atoms with Gasteiger partial charge in [-0.15, -0.1) is 0 Å². The fourth-order valence-corrected chi connectivity index (χ4v) is 4.32. The first-order valence-electron chi connectivity index (χ1n) is 12.3. The molecule has 1 aliphatic rings. The number of ether oxygens (including phenoxy) is 1. The summed E-state index contributed by atoms with van der Waals surface area (Å²) in [5, 5.41) is 3.10. The number of imide groups is 1. The van der Waals surface area contributed by atoms with Gasteiger partial charge >= 0.3 is 12.3 Å². The number of benzene rings is 1. The van der Waals surface area contributed by atoms with Crippen molar-refractivity contribution in [3.05, 3.63) is 70.7 Å². The quantitative estimate of drug-likeness (QED) is 0.421. The Hall–Kier alpha value is -4.15. The number of rotatable bonds is 5. The zero-order chi connectivity index (χ0) is 28.7. The monoisotopic (exact) mass is 541 g/mol. The molecule has 4 rings (SSSR count). The van der Waals surface area contributed by atoms with Gasteiger partial charge in [-0.25, -0.2) is 14.7 Å². The topological polar surface area (TPSA) is 87.7 Å². The van der Waals surface area contributed by atoms with Crippen LogP contribution >= 0.6 is 0 Å². The number of carbonyl (C=O) groups is 2. The summed E-state index contributed by atoms with van der Waals surface area (Å²) in [7, 11) is 3.66. The summed E-state index contributed by atoms with van der Waals surface area (Å²) in [5.41, 5.74) is 3.15. The van der Waals surface area contributed by atoms with E-state index in [0.29, 0.717) is 28.2 Å². The number of hydrogen-bond acceptors (Lipinski definition) is 7. The molecule has 1 aromatic carbocycles. The number of fused-ring (bicyclic) bond motifs is 1. The molecule has 2 amide bonds. The van der Waals surface area contributed by atoms with Crippen molar-refractivity contribution in [3.63, 3.8) is 0 Å². The molecule has 0 aliphatic carbocycles. The molecule has 8 nitrogen and oxygen atoms in total. The Morgan fingerprint density at radius 1 is 1.08 bits per heavy atom. The Bertz CT molecular complexity index is 1410. The van der Waals surface area contributed by atoms with E-state index in [-0.39, 0.29) is 13.1 Å². The maximum Gasteiger partial charge on any atom is 0.433 e. The van der Waals surface area contributed by atoms with Gasteiger partial charge in [-0.1, -0.05) is 12.1 Å². The summed E-state index contributed by atoms with van der Waals surface area (Å²) in [6.45, 7) is 7.44. The predicted octanol–water partition coefficient (Wildman–Crippen LogP) is 6.04. The molecule has 11 heteroatoms. The lowest BCUT2D eigenvalue weighted by Crippen LogP contribution is -2.37. The molecule has 0 fully saturated rings. The molecule has 206 valence electrons. The molecule has 39 heavy (non-hydrogen) atoms.